The van der Waals surface area contributed by atoms with Crippen molar-refractivity contribution in [1.29, 1.82) is 0 Å². The Bertz CT molecular complexity index is 141. The number of hydrogen-bond donors (Lipinski definition) is 2. The predicted octanol–water partition coefficient (Wildman–Crippen LogP) is 0.207. The van der Waals surface area contributed by atoms with Gasteiger partial charge in [-0.2, -0.15) is 0 Å². The number of urea groups is 1. The zero-order chi connectivity index (χ0) is 10.1. The minimum atomic E-state index is -0.295. The molecule has 2 N–H and O–H groups in total. The van der Waals surface area contributed by atoms with Crippen LogP contribution < -0.4 is 10.6 Å². The highest BCUT2D eigenvalue weighted by atomic mass is 19.1. The van der Waals surface area contributed by atoms with Gasteiger partial charge in [-0.05, 0) is 13.0 Å². The molecule has 0 saturated heterocycles. The van der Waals surface area contributed by atoms with E-state index in [0.717, 1.165) is 0 Å². The summed E-state index contributed by atoms with van der Waals surface area (Å²) < 4.78 is 11.6. The zero-order valence-corrected chi connectivity index (χ0v) is 8.27. The highest BCUT2D eigenvalue weighted by Gasteiger charge is 1.99. The van der Waals surface area contributed by atoms with Crippen molar-refractivity contribution in [1.82, 2.24) is 15.5 Å². The van der Waals surface area contributed by atoms with Crippen LogP contribution in [0.4, 0.5) is 9.18 Å². The van der Waals surface area contributed by atoms with Crippen LogP contribution in [0.2, 0.25) is 0 Å². The van der Waals surface area contributed by atoms with Gasteiger partial charge in [-0.15, -0.1) is 0 Å². The third-order valence-corrected chi connectivity index (χ3v) is 1.47. The lowest BCUT2D eigenvalue weighted by Crippen LogP contribution is -2.38. The van der Waals surface area contributed by atoms with Crippen LogP contribution in [-0.2, 0) is 0 Å². The minimum Gasteiger partial charge on any atom is -0.337 e. The number of hydrogen-bond acceptors (Lipinski definition) is 2. The number of alkyl halides is 1. The van der Waals surface area contributed by atoms with E-state index in [1.54, 1.807) is 14.1 Å². The first kappa shape index (κ1) is 12.2. The van der Waals surface area contributed by atoms with Gasteiger partial charge in [0.15, 0.2) is 0 Å². The molecule has 13 heavy (non-hydrogen) atoms. The van der Waals surface area contributed by atoms with Gasteiger partial charge in [0.1, 0.15) is 0 Å². The van der Waals surface area contributed by atoms with Crippen LogP contribution in [0.1, 0.15) is 6.42 Å². The lowest BCUT2D eigenvalue weighted by atomic mass is 10.4. The van der Waals surface area contributed by atoms with Crippen LogP contribution in [-0.4, -0.2) is 51.3 Å². The third-order valence-electron chi connectivity index (χ3n) is 1.47. The van der Waals surface area contributed by atoms with Crippen LogP contribution >= 0.6 is 0 Å². The molecule has 0 saturated carbocycles. The van der Waals surface area contributed by atoms with Gasteiger partial charge in [-0.1, -0.05) is 0 Å². The lowest BCUT2D eigenvalue weighted by molar-refractivity contribution is 0.217. The second-order valence-corrected chi connectivity index (χ2v) is 2.92. The van der Waals surface area contributed by atoms with Crippen molar-refractivity contribution in [2.75, 3.05) is 40.4 Å². The van der Waals surface area contributed by atoms with E-state index >= 15 is 0 Å². The third kappa shape index (κ3) is 7.52. The number of carbonyl (C=O) groups is 1. The molecule has 0 unspecified atom stereocenters. The molecule has 78 valence electrons. The highest BCUT2D eigenvalue weighted by Crippen LogP contribution is 1.77. The van der Waals surface area contributed by atoms with Crippen molar-refractivity contribution in [3.63, 3.8) is 0 Å². The number of carbonyl (C=O) groups excluding carboxylic acids is 1. The SMILES string of the molecule is CN(C)C(=O)NCCNCCCF. The topological polar surface area (TPSA) is 44.4 Å². The van der Waals surface area contributed by atoms with E-state index in [-0.39, 0.29) is 12.7 Å². The average Bonchev–Trinajstić information content (AvgIpc) is 2.10. The van der Waals surface area contributed by atoms with Gasteiger partial charge in [-0.25, -0.2) is 4.79 Å². The van der Waals surface area contributed by atoms with Crippen LogP contribution in [0.5, 0.6) is 0 Å². The Balaban J connectivity index is 3.12. The van der Waals surface area contributed by atoms with Gasteiger partial charge < -0.3 is 15.5 Å². The summed E-state index contributed by atoms with van der Waals surface area (Å²) in [4.78, 5) is 12.4. The van der Waals surface area contributed by atoms with E-state index in [2.05, 4.69) is 10.6 Å². The molecule has 0 heterocycles. The van der Waals surface area contributed by atoms with Crippen LogP contribution in [0.3, 0.4) is 0 Å². The Labute approximate surface area is 78.5 Å². The van der Waals surface area contributed by atoms with Gasteiger partial charge in [-0.3, -0.25) is 4.39 Å². The van der Waals surface area contributed by atoms with Crippen LogP contribution in [0.15, 0.2) is 0 Å². The summed E-state index contributed by atoms with van der Waals surface area (Å²) in [5.41, 5.74) is 0. The number of amides is 2. The fourth-order valence-corrected chi connectivity index (χ4v) is 0.733. The van der Waals surface area contributed by atoms with Crippen molar-refractivity contribution in [2.24, 2.45) is 0 Å². The molecule has 0 aliphatic carbocycles. The second kappa shape index (κ2) is 7.79. The Hall–Kier alpha value is -0.840. The Kier molecular flexibility index (Phi) is 7.29. The maximum absolute atomic E-state index is 11.6. The monoisotopic (exact) mass is 191 g/mol. The molecule has 0 atom stereocenters. The molecule has 5 heteroatoms. The lowest BCUT2D eigenvalue weighted by Gasteiger charge is -2.11. The minimum absolute atomic E-state index is 0.104. The zero-order valence-electron chi connectivity index (χ0n) is 8.27. The summed E-state index contributed by atoms with van der Waals surface area (Å²) >= 11 is 0. The molecule has 0 rings (SSSR count). The van der Waals surface area contributed by atoms with E-state index in [4.69, 9.17) is 0 Å². The first-order valence-corrected chi connectivity index (χ1v) is 4.40. The molecule has 0 spiro atoms. The van der Waals surface area contributed by atoms with E-state index in [1.165, 1.54) is 4.90 Å². The molecule has 0 aromatic heterocycles. The molecule has 4 nitrogen and oxygen atoms in total. The Morgan fingerprint density at radius 1 is 1.31 bits per heavy atom. The van der Waals surface area contributed by atoms with Gasteiger partial charge in [0.25, 0.3) is 0 Å². The highest BCUT2D eigenvalue weighted by molar-refractivity contribution is 5.73. The van der Waals surface area contributed by atoms with E-state index in [1.807, 2.05) is 0 Å². The van der Waals surface area contributed by atoms with Crippen molar-refractivity contribution in [3.8, 4) is 0 Å². The van der Waals surface area contributed by atoms with Gasteiger partial charge in [0, 0.05) is 27.2 Å². The van der Waals surface area contributed by atoms with Crippen LogP contribution in [0, 0.1) is 0 Å². The quantitative estimate of drug-likeness (QED) is 0.589. The molecule has 0 aromatic carbocycles. The van der Waals surface area contributed by atoms with Crippen molar-refractivity contribution >= 4 is 6.03 Å². The predicted molar refractivity (Wildman–Crippen MR) is 50.5 cm³/mol. The normalized spacial score (nSPS) is 9.77. The van der Waals surface area contributed by atoms with Crippen molar-refractivity contribution in [3.05, 3.63) is 0 Å². The van der Waals surface area contributed by atoms with E-state index < -0.39 is 0 Å². The maximum atomic E-state index is 11.6. The molecule has 0 aromatic rings. The van der Waals surface area contributed by atoms with Crippen molar-refractivity contribution in [2.45, 2.75) is 6.42 Å². The summed E-state index contributed by atoms with van der Waals surface area (Å²) in [6.07, 6.45) is 0.529. The molecule has 0 aliphatic heterocycles. The summed E-state index contributed by atoms with van der Waals surface area (Å²) in [5.74, 6) is 0. The Morgan fingerprint density at radius 2 is 2.00 bits per heavy atom. The standard InChI is InChI=1S/C8H18FN3O/c1-12(2)8(13)11-7-6-10-5-3-4-9/h10H,3-7H2,1-2H3,(H,11,13). The van der Waals surface area contributed by atoms with Crippen molar-refractivity contribution < 1.29 is 9.18 Å². The largest absolute Gasteiger partial charge is 0.337 e. The molecule has 2 amide bonds. The van der Waals surface area contributed by atoms with Crippen LogP contribution in [0.25, 0.3) is 0 Å². The van der Waals surface area contributed by atoms with E-state index in [9.17, 15) is 9.18 Å². The smallest absolute Gasteiger partial charge is 0.316 e. The second-order valence-electron chi connectivity index (χ2n) is 2.92. The number of nitrogens with zero attached hydrogens (tertiary/aromatic N) is 1. The number of nitrogens with one attached hydrogen (secondary N) is 2. The molecule has 0 aliphatic rings. The molecular formula is C8H18FN3O. The molecule has 0 bridgehead atoms. The summed E-state index contributed by atoms with van der Waals surface area (Å²) in [5, 5.41) is 5.70. The van der Waals surface area contributed by atoms with Gasteiger partial charge >= 0.3 is 6.03 Å². The van der Waals surface area contributed by atoms with Gasteiger partial charge in [0.05, 0.1) is 6.67 Å². The fraction of sp³-hybridized carbons (Fsp3) is 0.875. The first-order valence-electron chi connectivity index (χ1n) is 4.40. The summed E-state index contributed by atoms with van der Waals surface area (Å²) in [6.45, 7) is 1.62. The molecular weight excluding hydrogens is 173 g/mol. The first-order chi connectivity index (χ1) is 6.18. The maximum Gasteiger partial charge on any atom is 0.316 e. The number of rotatable bonds is 6. The molecule has 0 radical (unpaired) electrons. The molecule has 0 fully saturated rings. The number of halogens is 1. The van der Waals surface area contributed by atoms with E-state index in [0.29, 0.717) is 26.1 Å². The summed E-state index contributed by atoms with van der Waals surface area (Å²) in [7, 11) is 3.37. The Morgan fingerprint density at radius 3 is 2.54 bits per heavy atom. The van der Waals surface area contributed by atoms with Gasteiger partial charge in [0.2, 0.25) is 0 Å². The fourth-order valence-electron chi connectivity index (χ4n) is 0.733. The average molecular weight is 191 g/mol. The summed E-state index contributed by atoms with van der Waals surface area (Å²) in [6, 6.07) is -0.104.